The number of aryl methyl sites for hydroxylation is 2. The summed E-state index contributed by atoms with van der Waals surface area (Å²) in [6.07, 6.45) is 0. The van der Waals surface area contributed by atoms with Crippen molar-refractivity contribution in [2.45, 2.75) is 19.0 Å². The highest BCUT2D eigenvalue weighted by Crippen LogP contribution is 2.15. The first-order valence-electron chi connectivity index (χ1n) is 7.64. The molecule has 2 N–H and O–H groups in total. The Kier molecular flexibility index (Phi) is 6.70. The lowest BCUT2D eigenvalue weighted by atomic mass is 10.3. The Morgan fingerprint density at radius 1 is 1.16 bits per heavy atom. The molecule has 1 aromatic carbocycles. The van der Waals surface area contributed by atoms with E-state index in [4.69, 9.17) is 0 Å². The summed E-state index contributed by atoms with van der Waals surface area (Å²) in [6.45, 7) is 4.75. The number of nitrogens with zero attached hydrogens (tertiary/aromatic N) is 3. The number of nitro groups is 1. The lowest BCUT2D eigenvalue weighted by molar-refractivity contribution is -0.384. The third-order valence-corrected chi connectivity index (χ3v) is 4.00. The number of carbonyl (C=O) groups is 1. The fourth-order valence-electron chi connectivity index (χ4n) is 2.05. The molecule has 25 heavy (non-hydrogen) atoms. The number of amides is 1. The average molecular weight is 361 g/mol. The van der Waals surface area contributed by atoms with Gasteiger partial charge in [0.1, 0.15) is 0 Å². The van der Waals surface area contributed by atoms with Crippen LogP contribution in [0.2, 0.25) is 0 Å². The van der Waals surface area contributed by atoms with Crippen molar-refractivity contribution in [3.05, 3.63) is 51.8 Å². The van der Waals surface area contributed by atoms with E-state index >= 15 is 0 Å². The average Bonchev–Trinajstić information content (AvgIpc) is 2.56. The number of nitro benzene ring substituents is 1. The number of hydrogen-bond acceptors (Lipinski definition) is 7. The van der Waals surface area contributed by atoms with Crippen LogP contribution >= 0.6 is 11.8 Å². The Hall–Kier alpha value is -2.68. The van der Waals surface area contributed by atoms with Gasteiger partial charge in [0.25, 0.3) is 5.69 Å². The van der Waals surface area contributed by atoms with Gasteiger partial charge in [-0.2, -0.15) is 0 Å². The Labute approximate surface area is 149 Å². The number of hydrogen-bond donors (Lipinski definition) is 2. The predicted molar refractivity (Wildman–Crippen MR) is 96.8 cm³/mol. The minimum Gasteiger partial charge on any atom is -0.383 e. The molecule has 0 fully saturated rings. The topological polar surface area (TPSA) is 110 Å². The first kappa shape index (κ1) is 18.7. The molecule has 0 spiro atoms. The number of rotatable bonds is 8. The Morgan fingerprint density at radius 3 is 2.40 bits per heavy atom. The summed E-state index contributed by atoms with van der Waals surface area (Å²) in [4.78, 5) is 30.5. The van der Waals surface area contributed by atoms with Crippen LogP contribution in [0.25, 0.3) is 0 Å². The maximum Gasteiger partial charge on any atom is 0.269 e. The highest BCUT2D eigenvalue weighted by Gasteiger charge is 2.06. The number of carbonyl (C=O) groups excluding carboxylic acids is 1. The summed E-state index contributed by atoms with van der Waals surface area (Å²) in [5, 5.41) is 17.1. The lowest BCUT2D eigenvalue weighted by Gasteiger charge is -2.08. The van der Waals surface area contributed by atoms with Gasteiger partial charge in [-0.15, -0.1) is 0 Å². The van der Waals surface area contributed by atoms with Crippen LogP contribution in [-0.2, 0) is 4.79 Å². The van der Waals surface area contributed by atoms with Gasteiger partial charge in [0.05, 0.1) is 10.7 Å². The molecule has 0 aliphatic rings. The van der Waals surface area contributed by atoms with Crippen LogP contribution in [-0.4, -0.2) is 39.6 Å². The highest BCUT2D eigenvalue weighted by atomic mass is 32.2. The number of aromatic nitrogens is 2. The van der Waals surface area contributed by atoms with Gasteiger partial charge in [0.15, 0.2) is 5.16 Å². The van der Waals surface area contributed by atoms with Gasteiger partial charge in [0, 0.05) is 42.3 Å². The zero-order valence-corrected chi connectivity index (χ0v) is 14.8. The van der Waals surface area contributed by atoms with Crippen LogP contribution in [0.3, 0.4) is 0 Å². The molecule has 1 aromatic heterocycles. The number of non-ortho nitro benzene ring substituents is 1. The molecule has 1 heterocycles. The molecular formula is C16H19N5O3S. The SMILES string of the molecule is Cc1cc(C)nc(SCC(=O)NCCNc2ccc([N+](=O)[O-])cc2)n1. The minimum absolute atomic E-state index is 0.0458. The third kappa shape index (κ3) is 6.38. The number of thioether (sulfide) groups is 1. The zero-order chi connectivity index (χ0) is 18.2. The van der Waals surface area contributed by atoms with Crippen LogP contribution in [0, 0.1) is 24.0 Å². The van der Waals surface area contributed by atoms with Crippen molar-refractivity contribution >= 4 is 29.0 Å². The second-order valence-electron chi connectivity index (χ2n) is 5.30. The number of anilines is 1. The molecule has 0 bridgehead atoms. The molecule has 132 valence electrons. The van der Waals surface area contributed by atoms with Crippen LogP contribution in [0.5, 0.6) is 0 Å². The first-order chi connectivity index (χ1) is 11.9. The third-order valence-electron chi connectivity index (χ3n) is 3.15. The van der Waals surface area contributed by atoms with E-state index in [9.17, 15) is 14.9 Å². The molecule has 0 radical (unpaired) electrons. The van der Waals surface area contributed by atoms with E-state index in [1.807, 2.05) is 19.9 Å². The van der Waals surface area contributed by atoms with E-state index in [-0.39, 0.29) is 17.3 Å². The molecule has 1 amide bonds. The molecule has 2 rings (SSSR count). The molecule has 0 saturated heterocycles. The molecule has 0 unspecified atom stereocenters. The van der Waals surface area contributed by atoms with Gasteiger partial charge >= 0.3 is 0 Å². The van der Waals surface area contributed by atoms with Crippen molar-refractivity contribution < 1.29 is 9.72 Å². The summed E-state index contributed by atoms with van der Waals surface area (Å²) in [5.74, 6) is 0.152. The second kappa shape index (κ2) is 8.97. The molecule has 0 aliphatic carbocycles. The van der Waals surface area contributed by atoms with Crippen molar-refractivity contribution in [3.8, 4) is 0 Å². The zero-order valence-electron chi connectivity index (χ0n) is 14.0. The van der Waals surface area contributed by atoms with E-state index in [0.29, 0.717) is 18.2 Å². The fourth-order valence-corrected chi connectivity index (χ4v) is 2.83. The van der Waals surface area contributed by atoms with E-state index in [1.165, 1.54) is 23.9 Å². The number of nitrogens with one attached hydrogen (secondary N) is 2. The minimum atomic E-state index is -0.443. The molecular weight excluding hydrogens is 342 g/mol. The first-order valence-corrected chi connectivity index (χ1v) is 8.63. The lowest BCUT2D eigenvalue weighted by Crippen LogP contribution is -2.30. The van der Waals surface area contributed by atoms with Crippen molar-refractivity contribution in [2.75, 3.05) is 24.2 Å². The summed E-state index contributed by atoms with van der Waals surface area (Å²) < 4.78 is 0. The molecule has 0 atom stereocenters. The van der Waals surface area contributed by atoms with Crippen LogP contribution in [0.4, 0.5) is 11.4 Å². The van der Waals surface area contributed by atoms with Crippen molar-refractivity contribution in [1.82, 2.24) is 15.3 Å². The fraction of sp³-hybridized carbons (Fsp3) is 0.312. The second-order valence-corrected chi connectivity index (χ2v) is 6.25. The van der Waals surface area contributed by atoms with Crippen molar-refractivity contribution in [3.63, 3.8) is 0 Å². The summed E-state index contributed by atoms with van der Waals surface area (Å²) in [6, 6.07) is 8.01. The van der Waals surface area contributed by atoms with E-state index in [2.05, 4.69) is 20.6 Å². The maximum absolute atomic E-state index is 11.8. The van der Waals surface area contributed by atoms with Crippen LogP contribution in [0.1, 0.15) is 11.4 Å². The molecule has 9 heteroatoms. The molecule has 0 saturated carbocycles. The van der Waals surface area contributed by atoms with E-state index < -0.39 is 4.92 Å². The number of benzene rings is 1. The predicted octanol–water partition coefficient (Wildman–Crippen LogP) is 2.32. The molecule has 2 aromatic rings. The van der Waals surface area contributed by atoms with Crippen LogP contribution in [0.15, 0.2) is 35.5 Å². The Balaban J connectivity index is 1.67. The van der Waals surface area contributed by atoms with Gasteiger partial charge < -0.3 is 10.6 Å². The van der Waals surface area contributed by atoms with E-state index in [0.717, 1.165) is 17.1 Å². The molecule has 0 aliphatic heterocycles. The quantitative estimate of drug-likeness (QED) is 0.244. The standard InChI is InChI=1S/C16H19N5O3S/c1-11-9-12(2)20-16(19-11)25-10-15(22)18-8-7-17-13-3-5-14(6-4-13)21(23)24/h3-6,9,17H,7-8,10H2,1-2H3,(H,18,22). The highest BCUT2D eigenvalue weighted by molar-refractivity contribution is 7.99. The normalized spacial score (nSPS) is 10.3. The molecule has 8 nitrogen and oxygen atoms in total. The van der Waals surface area contributed by atoms with Gasteiger partial charge in [-0.25, -0.2) is 9.97 Å². The van der Waals surface area contributed by atoms with Gasteiger partial charge in [-0.1, -0.05) is 11.8 Å². The Bertz CT molecular complexity index is 732. The Morgan fingerprint density at radius 2 is 1.80 bits per heavy atom. The maximum atomic E-state index is 11.8. The monoisotopic (exact) mass is 361 g/mol. The van der Waals surface area contributed by atoms with Crippen molar-refractivity contribution in [2.24, 2.45) is 0 Å². The van der Waals surface area contributed by atoms with Gasteiger partial charge in [-0.3, -0.25) is 14.9 Å². The summed E-state index contributed by atoms with van der Waals surface area (Å²) >= 11 is 1.30. The summed E-state index contributed by atoms with van der Waals surface area (Å²) in [5.41, 5.74) is 2.56. The van der Waals surface area contributed by atoms with Gasteiger partial charge in [-0.05, 0) is 32.0 Å². The van der Waals surface area contributed by atoms with Gasteiger partial charge in [0.2, 0.25) is 5.91 Å². The van der Waals surface area contributed by atoms with Crippen LogP contribution < -0.4 is 10.6 Å². The van der Waals surface area contributed by atoms with Crippen molar-refractivity contribution in [1.29, 1.82) is 0 Å². The largest absolute Gasteiger partial charge is 0.383 e. The van der Waals surface area contributed by atoms with E-state index in [1.54, 1.807) is 12.1 Å². The summed E-state index contributed by atoms with van der Waals surface area (Å²) in [7, 11) is 0. The smallest absolute Gasteiger partial charge is 0.269 e.